The maximum atomic E-state index is 5.53. The molecule has 0 aromatic carbocycles. The number of nitrogens with zero attached hydrogens (tertiary/aromatic N) is 2. The van der Waals surface area contributed by atoms with Gasteiger partial charge in [-0.1, -0.05) is 34.6 Å². The summed E-state index contributed by atoms with van der Waals surface area (Å²) in [5.41, 5.74) is 1.17. The Kier molecular flexibility index (Phi) is 6.22. The molecule has 1 rings (SSSR count). The highest BCUT2D eigenvalue weighted by Crippen LogP contribution is 2.22. The van der Waals surface area contributed by atoms with Crippen molar-refractivity contribution in [2.24, 2.45) is 5.41 Å². The molecule has 108 valence electrons. The number of likely N-dealkylation sites (N-methyl/N-ethyl adjacent to an activating group) is 1. The molecule has 1 heterocycles. The summed E-state index contributed by atoms with van der Waals surface area (Å²) in [6, 6.07) is 0.383. The minimum atomic E-state index is 0.192. The predicted molar refractivity (Wildman–Crippen MR) is 78.4 cm³/mol. The van der Waals surface area contributed by atoms with Gasteiger partial charge in [0.15, 0.2) is 0 Å². The summed E-state index contributed by atoms with van der Waals surface area (Å²) in [6.45, 7) is 12.6. The molecule has 4 nitrogen and oxygen atoms in total. The molecular weight excluding hydrogens is 238 g/mol. The summed E-state index contributed by atoms with van der Waals surface area (Å²) in [6.07, 6.45) is 5.36. The van der Waals surface area contributed by atoms with Gasteiger partial charge in [-0.25, -0.2) is 4.98 Å². The average Bonchev–Trinajstić information content (AvgIpc) is 2.35. The third-order valence-electron chi connectivity index (χ3n) is 3.03. The Hall–Kier alpha value is -1.16. The van der Waals surface area contributed by atoms with Crippen molar-refractivity contribution in [1.82, 2.24) is 15.3 Å². The minimum absolute atomic E-state index is 0.192. The number of ether oxygens (including phenoxy) is 1. The molecule has 0 aliphatic rings. The van der Waals surface area contributed by atoms with E-state index in [0.29, 0.717) is 18.5 Å². The van der Waals surface area contributed by atoms with E-state index in [-0.39, 0.29) is 5.41 Å². The van der Waals surface area contributed by atoms with Crippen LogP contribution in [0.4, 0.5) is 0 Å². The molecule has 1 atom stereocenters. The molecule has 1 N–H and O–H groups in total. The standard InChI is InChI=1S/C15H27N3O/c1-6-8-19-14-11-16-10-12(18-14)9-13(17-7-2)15(3,4)5/h10-11,13,17H,6-9H2,1-5H3. The first-order valence-corrected chi connectivity index (χ1v) is 7.14. The first-order valence-electron chi connectivity index (χ1n) is 7.14. The SMILES string of the molecule is CCCOc1cncc(CC(NCC)C(C)(C)C)n1. The van der Waals surface area contributed by atoms with Crippen molar-refractivity contribution in [3.8, 4) is 5.88 Å². The van der Waals surface area contributed by atoms with Crippen LogP contribution in [0.2, 0.25) is 0 Å². The predicted octanol–water partition coefficient (Wildman–Crippen LogP) is 2.83. The Morgan fingerprint density at radius 3 is 2.58 bits per heavy atom. The van der Waals surface area contributed by atoms with E-state index < -0.39 is 0 Å². The molecule has 1 unspecified atom stereocenters. The lowest BCUT2D eigenvalue weighted by Crippen LogP contribution is -2.42. The van der Waals surface area contributed by atoms with Crippen molar-refractivity contribution in [1.29, 1.82) is 0 Å². The molecule has 0 aliphatic heterocycles. The highest BCUT2D eigenvalue weighted by Gasteiger charge is 2.24. The normalized spacial score (nSPS) is 13.3. The van der Waals surface area contributed by atoms with Crippen LogP contribution in [0.1, 0.15) is 46.7 Å². The summed E-state index contributed by atoms with van der Waals surface area (Å²) in [5, 5.41) is 3.53. The van der Waals surface area contributed by atoms with Gasteiger partial charge in [-0.05, 0) is 18.4 Å². The second-order valence-corrected chi connectivity index (χ2v) is 5.88. The first-order chi connectivity index (χ1) is 8.97. The van der Waals surface area contributed by atoms with Gasteiger partial charge in [-0.15, -0.1) is 0 Å². The fourth-order valence-corrected chi connectivity index (χ4v) is 1.90. The maximum absolute atomic E-state index is 5.53. The van der Waals surface area contributed by atoms with Crippen molar-refractivity contribution in [2.45, 2.75) is 53.5 Å². The van der Waals surface area contributed by atoms with Gasteiger partial charge in [0.05, 0.1) is 18.5 Å². The van der Waals surface area contributed by atoms with E-state index in [2.05, 4.69) is 49.9 Å². The monoisotopic (exact) mass is 265 g/mol. The zero-order valence-corrected chi connectivity index (χ0v) is 12.9. The van der Waals surface area contributed by atoms with Crippen molar-refractivity contribution < 1.29 is 4.74 Å². The Morgan fingerprint density at radius 2 is 2.00 bits per heavy atom. The summed E-state index contributed by atoms with van der Waals surface area (Å²) in [4.78, 5) is 8.74. The molecule has 0 radical (unpaired) electrons. The van der Waals surface area contributed by atoms with Crippen LogP contribution in [0.15, 0.2) is 12.4 Å². The fraction of sp³-hybridized carbons (Fsp3) is 0.733. The summed E-state index contributed by atoms with van der Waals surface area (Å²) >= 11 is 0. The number of hydrogen-bond acceptors (Lipinski definition) is 4. The smallest absolute Gasteiger partial charge is 0.232 e. The Morgan fingerprint density at radius 1 is 1.26 bits per heavy atom. The van der Waals surface area contributed by atoms with Crippen LogP contribution in [0.25, 0.3) is 0 Å². The summed E-state index contributed by atoms with van der Waals surface area (Å²) < 4.78 is 5.53. The topological polar surface area (TPSA) is 47.0 Å². The maximum Gasteiger partial charge on any atom is 0.232 e. The quantitative estimate of drug-likeness (QED) is 0.823. The summed E-state index contributed by atoms with van der Waals surface area (Å²) in [5.74, 6) is 0.628. The van der Waals surface area contributed by atoms with Crippen LogP contribution in [0.3, 0.4) is 0 Å². The van der Waals surface area contributed by atoms with Gasteiger partial charge in [0.2, 0.25) is 5.88 Å². The van der Waals surface area contributed by atoms with Crippen LogP contribution in [0.5, 0.6) is 5.88 Å². The lowest BCUT2D eigenvalue weighted by atomic mass is 9.84. The van der Waals surface area contributed by atoms with Gasteiger partial charge in [0.1, 0.15) is 0 Å². The van der Waals surface area contributed by atoms with Crippen molar-refractivity contribution in [3.63, 3.8) is 0 Å². The fourth-order valence-electron chi connectivity index (χ4n) is 1.90. The van der Waals surface area contributed by atoms with E-state index in [1.807, 2.05) is 6.20 Å². The lowest BCUT2D eigenvalue weighted by molar-refractivity contribution is 0.266. The molecule has 19 heavy (non-hydrogen) atoms. The highest BCUT2D eigenvalue weighted by atomic mass is 16.5. The van der Waals surface area contributed by atoms with Gasteiger partial charge in [0.25, 0.3) is 0 Å². The van der Waals surface area contributed by atoms with Crippen molar-refractivity contribution in [2.75, 3.05) is 13.2 Å². The van der Waals surface area contributed by atoms with Crippen molar-refractivity contribution in [3.05, 3.63) is 18.1 Å². The second kappa shape index (κ2) is 7.43. The third-order valence-corrected chi connectivity index (χ3v) is 3.03. The average molecular weight is 265 g/mol. The van der Waals surface area contributed by atoms with Gasteiger partial charge in [0, 0.05) is 18.7 Å². The van der Waals surface area contributed by atoms with Crippen LogP contribution < -0.4 is 10.1 Å². The molecule has 0 fully saturated rings. The zero-order valence-electron chi connectivity index (χ0n) is 12.9. The molecule has 1 aromatic heterocycles. The third kappa shape index (κ3) is 5.55. The molecule has 0 saturated carbocycles. The summed E-state index contributed by atoms with van der Waals surface area (Å²) in [7, 11) is 0. The zero-order chi connectivity index (χ0) is 14.3. The minimum Gasteiger partial charge on any atom is -0.477 e. The van der Waals surface area contributed by atoms with E-state index in [1.54, 1.807) is 6.20 Å². The van der Waals surface area contributed by atoms with E-state index in [4.69, 9.17) is 4.74 Å². The number of hydrogen-bond donors (Lipinski definition) is 1. The van der Waals surface area contributed by atoms with Gasteiger partial charge >= 0.3 is 0 Å². The van der Waals surface area contributed by atoms with Crippen LogP contribution in [-0.4, -0.2) is 29.2 Å². The molecule has 0 bridgehead atoms. The molecule has 4 heteroatoms. The van der Waals surface area contributed by atoms with Gasteiger partial charge < -0.3 is 10.1 Å². The Balaban J connectivity index is 2.73. The van der Waals surface area contributed by atoms with Gasteiger partial charge in [-0.3, -0.25) is 4.98 Å². The van der Waals surface area contributed by atoms with Gasteiger partial charge in [-0.2, -0.15) is 0 Å². The number of nitrogens with one attached hydrogen (secondary N) is 1. The van der Waals surface area contributed by atoms with Crippen LogP contribution in [0, 0.1) is 5.41 Å². The highest BCUT2D eigenvalue weighted by molar-refractivity contribution is 5.10. The van der Waals surface area contributed by atoms with E-state index in [9.17, 15) is 0 Å². The first kappa shape index (κ1) is 15.9. The van der Waals surface area contributed by atoms with Crippen LogP contribution >= 0.6 is 0 Å². The molecule has 1 aromatic rings. The molecule has 0 aliphatic carbocycles. The van der Waals surface area contributed by atoms with Crippen LogP contribution in [-0.2, 0) is 6.42 Å². The van der Waals surface area contributed by atoms with Crippen molar-refractivity contribution >= 4 is 0 Å². The van der Waals surface area contributed by atoms with E-state index in [1.165, 1.54) is 0 Å². The molecule has 0 saturated heterocycles. The molecule has 0 amide bonds. The Labute approximate surface area is 117 Å². The van der Waals surface area contributed by atoms with E-state index >= 15 is 0 Å². The number of aromatic nitrogens is 2. The molecule has 0 spiro atoms. The largest absolute Gasteiger partial charge is 0.477 e. The number of rotatable bonds is 7. The second-order valence-electron chi connectivity index (χ2n) is 5.88. The Bertz CT molecular complexity index is 374. The molecular formula is C15H27N3O. The van der Waals surface area contributed by atoms with E-state index in [0.717, 1.165) is 25.1 Å². The lowest BCUT2D eigenvalue weighted by Gasteiger charge is -2.31.